The van der Waals surface area contributed by atoms with Gasteiger partial charge in [-0.05, 0) is 30.2 Å². The maximum absolute atomic E-state index is 12.4. The number of aromatic nitrogens is 3. The molecule has 5 nitrogen and oxygen atoms in total. The molecule has 0 aliphatic rings. The fourth-order valence-electron chi connectivity index (χ4n) is 2.46. The van der Waals surface area contributed by atoms with E-state index in [0.29, 0.717) is 17.5 Å². The van der Waals surface area contributed by atoms with Gasteiger partial charge in [0.1, 0.15) is 6.33 Å². The second-order valence-electron chi connectivity index (χ2n) is 5.78. The summed E-state index contributed by atoms with van der Waals surface area (Å²) < 4.78 is 1.89. The molecule has 25 heavy (non-hydrogen) atoms. The number of aryl methyl sites for hydroxylation is 1. The molecular weight excluding hydrogens is 332 g/mol. The van der Waals surface area contributed by atoms with E-state index in [1.54, 1.807) is 11.2 Å². The molecule has 1 aromatic heterocycles. The van der Waals surface area contributed by atoms with Crippen LogP contribution in [0.3, 0.4) is 0 Å². The SMILES string of the molecule is Cc1ccccc1CN(C)C(=O)CSc1nncn1-c1ccccc1. The maximum atomic E-state index is 12.4. The molecule has 1 heterocycles. The Morgan fingerprint density at radius 3 is 2.60 bits per heavy atom. The Kier molecular flexibility index (Phi) is 5.50. The van der Waals surface area contributed by atoms with Gasteiger partial charge in [-0.1, -0.05) is 54.2 Å². The van der Waals surface area contributed by atoms with Gasteiger partial charge in [-0.3, -0.25) is 9.36 Å². The quantitative estimate of drug-likeness (QED) is 0.639. The standard InChI is InChI=1S/C19H20N4OS/c1-15-8-6-7-9-16(15)12-22(2)18(24)13-25-19-21-20-14-23(19)17-10-4-3-5-11-17/h3-11,14H,12-13H2,1-2H3. The smallest absolute Gasteiger partial charge is 0.233 e. The first-order chi connectivity index (χ1) is 12.1. The van der Waals surface area contributed by atoms with Gasteiger partial charge in [0.15, 0.2) is 5.16 Å². The molecule has 0 bridgehead atoms. The first-order valence-electron chi connectivity index (χ1n) is 8.02. The summed E-state index contributed by atoms with van der Waals surface area (Å²) in [6.07, 6.45) is 1.67. The molecule has 0 aliphatic carbocycles. The molecule has 0 spiro atoms. The van der Waals surface area contributed by atoms with Crippen molar-refractivity contribution in [2.45, 2.75) is 18.6 Å². The summed E-state index contributed by atoms with van der Waals surface area (Å²) in [5, 5.41) is 8.81. The van der Waals surface area contributed by atoms with Crippen molar-refractivity contribution in [3.05, 3.63) is 72.1 Å². The van der Waals surface area contributed by atoms with Gasteiger partial charge in [0.05, 0.1) is 5.75 Å². The van der Waals surface area contributed by atoms with Crippen LogP contribution in [0.25, 0.3) is 5.69 Å². The van der Waals surface area contributed by atoms with E-state index in [-0.39, 0.29) is 5.91 Å². The van der Waals surface area contributed by atoms with Crippen LogP contribution in [0.2, 0.25) is 0 Å². The summed E-state index contributed by atoms with van der Waals surface area (Å²) >= 11 is 1.40. The fourth-order valence-corrected chi connectivity index (χ4v) is 3.33. The predicted molar refractivity (Wildman–Crippen MR) is 99.7 cm³/mol. The van der Waals surface area contributed by atoms with Crippen LogP contribution >= 0.6 is 11.8 Å². The normalized spacial score (nSPS) is 10.6. The summed E-state index contributed by atoms with van der Waals surface area (Å²) in [7, 11) is 1.83. The highest BCUT2D eigenvalue weighted by molar-refractivity contribution is 7.99. The molecule has 3 aromatic rings. The van der Waals surface area contributed by atoms with Crippen molar-refractivity contribution in [3.8, 4) is 5.69 Å². The van der Waals surface area contributed by atoms with Crippen LogP contribution in [0, 0.1) is 6.92 Å². The van der Waals surface area contributed by atoms with E-state index in [4.69, 9.17) is 0 Å². The highest BCUT2D eigenvalue weighted by Gasteiger charge is 2.14. The molecule has 128 valence electrons. The number of nitrogens with zero attached hydrogens (tertiary/aromatic N) is 4. The third-order valence-electron chi connectivity index (χ3n) is 3.97. The molecular formula is C19H20N4OS. The first-order valence-corrected chi connectivity index (χ1v) is 9.00. The van der Waals surface area contributed by atoms with Crippen LogP contribution in [0.4, 0.5) is 0 Å². The van der Waals surface area contributed by atoms with E-state index in [1.807, 2.05) is 54.1 Å². The van der Waals surface area contributed by atoms with E-state index in [2.05, 4.69) is 29.3 Å². The monoisotopic (exact) mass is 352 g/mol. The topological polar surface area (TPSA) is 51.0 Å². The van der Waals surface area contributed by atoms with Crippen LogP contribution in [-0.2, 0) is 11.3 Å². The minimum absolute atomic E-state index is 0.0656. The Morgan fingerprint density at radius 1 is 1.12 bits per heavy atom. The first kappa shape index (κ1) is 17.2. The van der Waals surface area contributed by atoms with Crippen molar-refractivity contribution < 1.29 is 4.79 Å². The molecule has 0 saturated carbocycles. The zero-order chi connectivity index (χ0) is 17.6. The lowest BCUT2D eigenvalue weighted by Gasteiger charge is -2.18. The second kappa shape index (κ2) is 7.98. The number of carbonyl (C=O) groups is 1. The average molecular weight is 352 g/mol. The lowest BCUT2D eigenvalue weighted by atomic mass is 10.1. The van der Waals surface area contributed by atoms with Gasteiger partial charge < -0.3 is 4.90 Å². The summed E-state index contributed by atoms with van der Waals surface area (Å²) in [4.78, 5) is 14.2. The Labute approximate surface area is 151 Å². The summed E-state index contributed by atoms with van der Waals surface area (Å²) in [5.41, 5.74) is 3.34. The molecule has 0 radical (unpaired) electrons. The largest absolute Gasteiger partial charge is 0.341 e. The van der Waals surface area contributed by atoms with Crippen LogP contribution in [0.1, 0.15) is 11.1 Å². The van der Waals surface area contributed by atoms with Crippen LogP contribution in [0.15, 0.2) is 66.1 Å². The Hall–Kier alpha value is -2.60. The lowest BCUT2D eigenvalue weighted by Crippen LogP contribution is -2.28. The lowest BCUT2D eigenvalue weighted by molar-refractivity contribution is -0.127. The van der Waals surface area contributed by atoms with E-state index in [0.717, 1.165) is 11.3 Å². The number of hydrogen-bond donors (Lipinski definition) is 0. The molecule has 3 rings (SSSR count). The van der Waals surface area contributed by atoms with Gasteiger partial charge in [0.25, 0.3) is 0 Å². The van der Waals surface area contributed by atoms with Crippen LogP contribution in [-0.4, -0.2) is 38.4 Å². The second-order valence-corrected chi connectivity index (χ2v) is 6.73. The number of para-hydroxylation sites is 1. The zero-order valence-electron chi connectivity index (χ0n) is 14.3. The van der Waals surface area contributed by atoms with E-state index >= 15 is 0 Å². The summed E-state index contributed by atoms with van der Waals surface area (Å²) in [5.74, 6) is 0.393. The van der Waals surface area contributed by atoms with Crippen molar-refractivity contribution >= 4 is 17.7 Å². The summed E-state index contributed by atoms with van der Waals surface area (Å²) in [6.45, 7) is 2.67. The third-order valence-corrected chi connectivity index (χ3v) is 4.90. The van der Waals surface area contributed by atoms with Crippen molar-refractivity contribution in [1.29, 1.82) is 0 Å². The Balaban J connectivity index is 1.61. The average Bonchev–Trinajstić information content (AvgIpc) is 3.11. The van der Waals surface area contributed by atoms with Crippen LogP contribution < -0.4 is 0 Å². The Bertz CT molecular complexity index is 847. The van der Waals surface area contributed by atoms with Crippen molar-refractivity contribution in [2.75, 3.05) is 12.8 Å². The molecule has 0 atom stereocenters. The number of carbonyl (C=O) groups excluding carboxylic acids is 1. The molecule has 6 heteroatoms. The molecule has 0 saturated heterocycles. The van der Waals surface area contributed by atoms with Gasteiger partial charge in [0.2, 0.25) is 5.91 Å². The molecule has 0 aliphatic heterocycles. The van der Waals surface area contributed by atoms with Crippen molar-refractivity contribution in [2.24, 2.45) is 0 Å². The van der Waals surface area contributed by atoms with Crippen molar-refractivity contribution in [3.63, 3.8) is 0 Å². The molecule has 2 aromatic carbocycles. The number of rotatable bonds is 6. The molecule has 0 fully saturated rings. The van der Waals surface area contributed by atoms with E-state index in [9.17, 15) is 4.79 Å². The molecule has 1 amide bonds. The van der Waals surface area contributed by atoms with Gasteiger partial charge in [-0.15, -0.1) is 10.2 Å². The highest BCUT2D eigenvalue weighted by atomic mass is 32.2. The van der Waals surface area contributed by atoms with Gasteiger partial charge in [-0.2, -0.15) is 0 Å². The number of hydrogen-bond acceptors (Lipinski definition) is 4. The van der Waals surface area contributed by atoms with Crippen molar-refractivity contribution in [1.82, 2.24) is 19.7 Å². The van der Waals surface area contributed by atoms with E-state index < -0.39 is 0 Å². The number of amides is 1. The highest BCUT2D eigenvalue weighted by Crippen LogP contribution is 2.20. The number of benzene rings is 2. The minimum Gasteiger partial charge on any atom is -0.341 e. The minimum atomic E-state index is 0.0656. The molecule has 0 N–H and O–H groups in total. The zero-order valence-corrected chi connectivity index (χ0v) is 15.1. The van der Waals surface area contributed by atoms with E-state index in [1.165, 1.54) is 17.3 Å². The van der Waals surface area contributed by atoms with Gasteiger partial charge in [0, 0.05) is 19.3 Å². The van der Waals surface area contributed by atoms with Gasteiger partial charge >= 0.3 is 0 Å². The predicted octanol–water partition coefficient (Wildman–Crippen LogP) is 3.33. The fraction of sp³-hybridized carbons (Fsp3) is 0.211. The third kappa shape index (κ3) is 4.28. The Morgan fingerprint density at radius 2 is 1.84 bits per heavy atom. The maximum Gasteiger partial charge on any atom is 0.233 e. The van der Waals surface area contributed by atoms with Gasteiger partial charge in [-0.25, -0.2) is 0 Å². The van der Waals surface area contributed by atoms with Crippen LogP contribution in [0.5, 0.6) is 0 Å². The summed E-state index contributed by atoms with van der Waals surface area (Å²) in [6, 6.07) is 18.0. The number of thioether (sulfide) groups is 1. The molecule has 0 unspecified atom stereocenters.